The van der Waals surface area contributed by atoms with E-state index in [1.165, 1.54) is 0 Å². The zero-order valence-electron chi connectivity index (χ0n) is 14.5. The van der Waals surface area contributed by atoms with Gasteiger partial charge in [0.05, 0.1) is 0 Å². The Labute approximate surface area is 136 Å². The summed E-state index contributed by atoms with van der Waals surface area (Å²) in [6.45, 7) is 13.4. The van der Waals surface area contributed by atoms with Gasteiger partial charge < -0.3 is 0 Å². The fraction of sp³-hybridized carbons (Fsp3) is 0.450. The lowest BCUT2D eigenvalue weighted by molar-refractivity contribution is -0.108. The van der Waals surface area contributed by atoms with E-state index < -0.39 is 8.07 Å². The molecule has 0 N–H and O–H groups in total. The lowest BCUT2D eigenvalue weighted by Gasteiger charge is -2.37. The number of benzene rings is 1. The third-order valence-electron chi connectivity index (χ3n) is 4.35. The number of ketones is 1. The van der Waals surface area contributed by atoms with Crippen LogP contribution in [0.1, 0.15) is 47.1 Å². The first kappa shape index (κ1) is 18.3. The molecule has 0 unspecified atom stereocenters. The molecule has 0 radical (unpaired) electrons. The molecular formula is C20H26OSi. The van der Waals surface area contributed by atoms with Crippen LogP contribution in [0.25, 0.3) is 0 Å². The highest BCUT2D eigenvalue weighted by atomic mass is 28.3. The molecule has 22 heavy (non-hydrogen) atoms. The van der Waals surface area contributed by atoms with E-state index in [0.717, 1.165) is 5.56 Å². The first-order chi connectivity index (χ1) is 10.3. The Morgan fingerprint density at radius 1 is 0.864 bits per heavy atom. The van der Waals surface area contributed by atoms with E-state index in [-0.39, 0.29) is 5.78 Å². The molecule has 0 atom stereocenters. The van der Waals surface area contributed by atoms with Crippen molar-refractivity contribution in [2.75, 3.05) is 0 Å². The van der Waals surface area contributed by atoms with Crippen molar-refractivity contribution in [3.05, 3.63) is 35.9 Å². The van der Waals surface area contributed by atoms with Crippen LogP contribution in [0.5, 0.6) is 0 Å². The van der Waals surface area contributed by atoms with E-state index >= 15 is 0 Å². The summed E-state index contributed by atoms with van der Waals surface area (Å²) in [7, 11) is -1.85. The van der Waals surface area contributed by atoms with Gasteiger partial charge in [0.25, 0.3) is 5.78 Å². The van der Waals surface area contributed by atoms with Gasteiger partial charge in [-0.15, -0.1) is 5.54 Å². The zero-order chi connectivity index (χ0) is 16.8. The molecule has 1 aromatic rings. The maximum absolute atomic E-state index is 12.0. The largest absolute Gasteiger partial charge is 0.278 e. The molecular weight excluding hydrogens is 284 g/mol. The van der Waals surface area contributed by atoms with E-state index in [4.69, 9.17) is 0 Å². The number of hydrogen-bond acceptors (Lipinski definition) is 1. The van der Waals surface area contributed by atoms with Crippen molar-refractivity contribution >= 4 is 13.9 Å². The lowest BCUT2D eigenvalue weighted by Crippen LogP contribution is -2.43. The van der Waals surface area contributed by atoms with Gasteiger partial charge in [-0.2, -0.15) is 0 Å². The molecule has 0 aliphatic carbocycles. The first-order valence-corrected chi connectivity index (χ1v) is 10.2. The predicted molar refractivity (Wildman–Crippen MR) is 97.2 cm³/mol. The minimum atomic E-state index is -1.85. The van der Waals surface area contributed by atoms with Crippen LogP contribution in [0.4, 0.5) is 0 Å². The van der Waals surface area contributed by atoms with Crippen molar-refractivity contribution in [1.29, 1.82) is 0 Å². The minimum absolute atomic E-state index is 0.275. The van der Waals surface area contributed by atoms with Gasteiger partial charge in [0.1, 0.15) is 8.07 Å². The topological polar surface area (TPSA) is 17.1 Å². The number of carbonyl (C=O) groups excluding carboxylic acids is 1. The van der Waals surface area contributed by atoms with Gasteiger partial charge in [-0.05, 0) is 40.6 Å². The lowest BCUT2D eigenvalue weighted by atomic mass is 10.2. The number of hydrogen-bond donors (Lipinski definition) is 0. The summed E-state index contributed by atoms with van der Waals surface area (Å²) in [5.41, 5.74) is 5.82. The van der Waals surface area contributed by atoms with Crippen LogP contribution in [0.2, 0.25) is 16.6 Å². The second kappa shape index (κ2) is 8.02. The van der Waals surface area contributed by atoms with Crippen LogP contribution in [0.15, 0.2) is 30.3 Å². The van der Waals surface area contributed by atoms with E-state index in [1.807, 2.05) is 30.3 Å². The third kappa shape index (κ3) is 4.36. The minimum Gasteiger partial charge on any atom is -0.270 e. The molecule has 0 aliphatic rings. The smallest absolute Gasteiger partial charge is 0.270 e. The average Bonchev–Trinajstić information content (AvgIpc) is 2.45. The molecule has 0 aromatic heterocycles. The summed E-state index contributed by atoms with van der Waals surface area (Å²) in [5.74, 6) is 8.09. The Hall–Kier alpha value is -1.77. The predicted octanol–water partition coefficient (Wildman–Crippen LogP) is 4.83. The summed E-state index contributed by atoms with van der Waals surface area (Å²) in [5, 5.41) is 0. The second-order valence-corrected chi connectivity index (χ2v) is 12.2. The number of Topliss-reactive ketones (excluding diaryl/α,β-unsaturated/α-hetero) is 1. The van der Waals surface area contributed by atoms with Gasteiger partial charge in [-0.25, -0.2) is 0 Å². The normalized spacial score (nSPS) is 11.0. The van der Waals surface area contributed by atoms with Crippen molar-refractivity contribution in [2.24, 2.45) is 0 Å². The maximum atomic E-state index is 12.0. The van der Waals surface area contributed by atoms with Crippen LogP contribution >= 0.6 is 0 Å². The standard InChI is InChI=1S/C20H26OSi/c1-16(2)22(17(3)4,18(5)6)15-14-20(21)13-12-19-10-8-7-9-11-19/h7-11,16-18H,1-6H3. The maximum Gasteiger partial charge on any atom is 0.278 e. The molecule has 1 aromatic carbocycles. The van der Waals surface area contributed by atoms with Gasteiger partial charge in [0.2, 0.25) is 0 Å². The Morgan fingerprint density at radius 3 is 1.82 bits per heavy atom. The van der Waals surface area contributed by atoms with Crippen molar-refractivity contribution in [3.8, 4) is 23.3 Å². The molecule has 1 rings (SSSR count). The van der Waals surface area contributed by atoms with Gasteiger partial charge in [0.15, 0.2) is 0 Å². The first-order valence-electron chi connectivity index (χ1n) is 7.94. The Kier molecular flexibility index (Phi) is 6.66. The highest BCUT2D eigenvalue weighted by Crippen LogP contribution is 2.40. The third-order valence-corrected chi connectivity index (χ3v) is 10.6. The number of rotatable bonds is 3. The van der Waals surface area contributed by atoms with Crippen molar-refractivity contribution < 1.29 is 4.79 Å². The monoisotopic (exact) mass is 310 g/mol. The van der Waals surface area contributed by atoms with Crippen molar-refractivity contribution in [3.63, 3.8) is 0 Å². The fourth-order valence-corrected chi connectivity index (χ4v) is 8.48. The van der Waals surface area contributed by atoms with Crippen LogP contribution in [0, 0.1) is 23.3 Å². The van der Waals surface area contributed by atoms with E-state index in [0.29, 0.717) is 16.6 Å². The van der Waals surface area contributed by atoms with Gasteiger partial charge in [0, 0.05) is 5.56 Å². The second-order valence-electron chi connectivity index (χ2n) is 6.59. The molecule has 0 saturated heterocycles. The molecule has 0 spiro atoms. The fourth-order valence-electron chi connectivity index (χ4n) is 3.28. The molecule has 0 amide bonds. The molecule has 0 aliphatic heterocycles. The zero-order valence-corrected chi connectivity index (χ0v) is 15.5. The van der Waals surface area contributed by atoms with E-state index in [1.54, 1.807) is 0 Å². The van der Waals surface area contributed by atoms with Gasteiger partial charge in [-0.3, -0.25) is 4.79 Å². The molecule has 0 heterocycles. The molecule has 1 nitrogen and oxygen atoms in total. The summed E-state index contributed by atoms with van der Waals surface area (Å²) in [6, 6.07) is 9.54. The molecule has 0 saturated carbocycles. The number of carbonyl (C=O) groups is 1. The highest BCUT2D eigenvalue weighted by Gasteiger charge is 2.41. The Bertz CT molecular complexity index is 597. The quantitative estimate of drug-likeness (QED) is 0.577. The van der Waals surface area contributed by atoms with Crippen LogP contribution in [-0.2, 0) is 4.79 Å². The molecule has 0 bridgehead atoms. The van der Waals surface area contributed by atoms with E-state index in [9.17, 15) is 4.79 Å². The summed E-state index contributed by atoms with van der Waals surface area (Å²) >= 11 is 0. The van der Waals surface area contributed by atoms with Crippen LogP contribution < -0.4 is 0 Å². The SMILES string of the molecule is CC(C)[Si](C#CC(=O)C#Cc1ccccc1)(C(C)C)C(C)C. The van der Waals surface area contributed by atoms with Crippen molar-refractivity contribution in [1.82, 2.24) is 0 Å². The highest BCUT2D eigenvalue weighted by molar-refractivity contribution is 6.90. The average molecular weight is 311 g/mol. The summed E-state index contributed by atoms with van der Waals surface area (Å²) in [4.78, 5) is 12.0. The summed E-state index contributed by atoms with van der Waals surface area (Å²) in [6.07, 6.45) is 0. The van der Waals surface area contributed by atoms with Crippen LogP contribution in [-0.4, -0.2) is 13.9 Å². The van der Waals surface area contributed by atoms with Crippen LogP contribution in [0.3, 0.4) is 0 Å². The van der Waals surface area contributed by atoms with Gasteiger partial charge >= 0.3 is 0 Å². The summed E-state index contributed by atoms with van der Waals surface area (Å²) < 4.78 is 0. The molecule has 116 valence electrons. The van der Waals surface area contributed by atoms with E-state index in [2.05, 4.69) is 64.8 Å². The molecule has 2 heteroatoms. The Balaban J connectivity index is 3.04. The van der Waals surface area contributed by atoms with Crippen molar-refractivity contribution in [2.45, 2.75) is 58.2 Å². The van der Waals surface area contributed by atoms with Gasteiger partial charge in [-0.1, -0.05) is 65.7 Å². The molecule has 0 fully saturated rings. The Morgan fingerprint density at radius 2 is 1.36 bits per heavy atom.